The van der Waals surface area contributed by atoms with E-state index in [-0.39, 0.29) is 0 Å². The van der Waals surface area contributed by atoms with E-state index >= 15 is 0 Å². The molecule has 1 atom stereocenters. The predicted molar refractivity (Wildman–Crippen MR) is 57.9 cm³/mol. The topological polar surface area (TPSA) is 44.0 Å². The Bertz CT molecular complexity index is 360. The third-order valence-electron chi connectivity index (χ3n) is 3.36. The highest BCUT2D eigenvalue weighted by Gasteiger charge is 2.41. The van der Waals surface area contributed by atoms with Gasteiger partial charge in [-0.15, -0.1) is 0 Å². The van der Waals surface area contributed by atoms with E-state index < -0.39 is 11.5 Å². The molecule has 0 saturated heterocycles. The Balaban J connectivity index is 2.27. The fourth-order valence-electron chi connectivity index (χ4n) is 2.41. The Morgan fingerprint density at radius 1 is 1.20 bits per heavy atom. The molecule has 0 bridgehead atoms. The summed E-state index contributed by atoms with van der Waals surface area (Å²) in [5, 5.41) is 19.5. The first-order valence-electron chi connectivity index (χ1n) is 5.43. The summed E-state index contributed by atoms with van der Waals surface area (Å²) in [6.07, 6.45) is 3.11. The SMILES string of the molecule is N#CC1([C@H](O)c2ccccc2)CCCC1. The van der Waals surface area contributed by atoms with Crippen LogP contribution in [0.3, 0.4) is 0 Å². The van der Waals surface area contributed by atoms with E-state index in [2.05, 4.69) is 6.07 Å². The number of hydrogen-bond donors (Lipinski definition) is 1. The highest BCUT2D eigenvalue weighted by Crippen LogP contribution is 2.46. The third-order valence-corrected chi connectivity index (χ3v) is 3.36. The fourth-order valence-corrected chi connectivity index (χ4v) is 2.41. The number of nitriles is 1. The third kappa shape index (κ3) is 1.75. The zero-order valence-corrected chi connectivity index (χ0v) is 8.69. The molecular formula is C13H15NO. The summed E-state index contributed by atoms with van der Waals surface area (Å²) in [4.78, 5) is 0. The lowest BCUT2D eigenvalue weighted by Crippen LogP contribution is -2.23. The monoisotopic (exact) mass is 201 g/mol. The summed E-state index contributed by atoms with van der Waals surface area (Å²) in [6, 6.07) is 11.8. The summed E-state index contributed by atoms with van der Waals surface area (Å²) in [5.41, 5.74) is 0.322. The van der Waals surface area contributed by atoms with Crippen molar-refractivity contribution in [3.8, 4) is 6.07 Å². The van der Waals surface area contributed by atoms with Gasteiger partial charge in [0.1, 0.15) is 0 Å². The number of aliphatic hydroxyl groups is 1. The van der Waals surface area contributed by atoms with Gasteiger partial charge in [0, 0.05) is 0 Å². The Labute approximate surface area is 90.2 Å². The van der Waals surface area contributed by atoms with Crippen molar-refractivity contribution in [3.05, 3.63) is 35.9 Å². The summed E-state index contributed by atoms with van der Waals surface area (Å²) in [6.45, 7) is 0. The normalized spacial score (nSPS) is 20.8. The van der Waals surface area contributed by atoms with E-state index in [1.807, 2.05) is 30.3 Å². The molecule has 0 unspecified atom stereocenters. The van der Waals surface area contributed by atoms with E-state index in [0.29, 0.717) is 0 Å². The number of aliphatic hydroxyl groups excluding tert-OH is 1. The van der Waals surface area contributed by atoms with E-state index in [0.717, 1.165) is 31.2 Å². The van der Waals surface area contributed by atoms with Gasteiger partial charge < -0.3 is 5.11 Å². The quantitative estimate of drug-likeness (QED) is 0.799. The van der Waals surface area contributed by atoms with Crippen LogP contribution in [0.15, 0.2) is 30.3 Å². The molecule has 2 heteroatoms. The van der Waals surface area contributed by atoms with Gasteiger partial charge in [0.05, 0.1) is 17.6 Å². The van der Waals surface area contributed by atoms with Crippen LogP contribution in [0.2, 0.25) is 0 Å². The number of hydrogen-bond acceptors (Lipinski definition) is 2. The number of rotatable bonds is 2. The summed E-state index contributed by atoms with van der Waals surface area (Å²) < 4.78 is 0. The smallest absolute Gasteiger partial charge is 0.0976 e. The summed E-state index contributed by atoms with van der Waals surface area (Å²) >= 11 is 0. The van der Waals surface area contributed by atoms with Crippen molar-refractivity contribution in [3.63, 3.8) is 0 Å². The highest BCUT2D eigenvalue weighted by atomic mass is 16.3. The maximum atomic E-state index is 10.2. The van der Waals surface area contributed by atoms with Crippen LogP contribution >= 0.6 is 0 Å². The van der Waals surface area contributed by atoms with Gasteiger partial charge in [-0.05, 0) is 18.4 Å². The highest BCUT2D eigenvalue weighted by molar-refractivity contribution is 5.23. The van der Waals surface area contributed by atoms with Crippen molar-refractivity contribution >= 4 is 0 Å². The van der Waals surface area contributed by atoms with Gasteiger partial charge in [-0.25, -0.2) is 0 Å². The lowest BCUT2D eigenvalue weighted by Gasteiger charge is -2.27. The van der Waals surface area contributed by atoms with Crippen molar-refractivity contribution in [2.75, 3.05) is 0 Å². The second-order valence-electron chi connectivity index (χ2n) is 4.29. The maximum Gasteiger partial charge on any atom is 0.0976 e. The van der Waals surface area contributed by atoms with Crippen LogP contribution < -0.4 is 0 Å². The van der Waals surface area contributed by atoms with Crippen molar-refractivity contribution < 1.29 is 5.11 Å². The molecule has 1 saturated carbocycles. The van der Waals surface area contributed by atoms with Crippen molar-refractivity contribution in [2.45, 2.75) is 31.8 Å². The van der Waals surface area contributed by atoms with E-state index in [4.69, 9.17) is 0 Å². The largest absolute Gasteiger partial charge is 0.387 e. The zero-order chi connectivity index (χ0) is 10.7. The number of nitrogens with zero attached hydrogens (tertiary/aromatic N) is 1. The fraction of sp³-hybridized carbons (Fsp3) is 0.462. The average molecular weight is 201 g/mol. The molecule has 2 rings (SSSR count). The molecular weight excluding hydrogens is 186 g/mol. The van der Waals surface area contributed by atoms with Gasteiger partial charge in [0.25, 0.3) is 0 Å². The molecule has 78 valence electrons. The van der Waals surface area contributed by atoms with Crippen LogP contribution in [0.4, 0.5) is 0 Å². The summed E-state index contributed by atoms with van der Waals surface area (Å²) in [5.74, 6) is 0. The second kappa shape index (κ2) is 4.04. The van der Waals surface area contributed by atoms with Crippen LogP contribution in [-0.4, -0.2) is 5.11 Å². The second-order valence-corrected chi connectivity index (χ2v) is 4.29. The first kappa shape index (κ1) is 10.2. The first-order valence-corrected chi connectivity index (χ1v) is 5.43. The molecule has 0 spiro atoms. The molecule has 1 N–H and O–H groups in total. The van der Waals surface area contributed by atoms with Gasteiger partial charge in [-0.2, -0.15) is 5.26 Å². The average Bonchev–Trinajstić information content (AvgIpc) is 2.79. The minimum atomic E-state index is -0.633. The lowest BCUT2D eigenvalue weighted by molar-refractivity contribution is 0.0671. The molecule has 0 aromatic heterocycles. The van der Waals surface area contributed by atoms with Gasteiger partial charge >= 0.3 is 0 Å². The Hall–Kier alpha value is -1.33. The van der Waals surface area contributed by atoms with E-state index in [1.165, 1.54) is 0 Å². The van der Waals surface area contributed by atoms with E-state index in [1.54, 1.807) is 0 Å². The maximum absolute atomic E-state index is 10.2. The molecule has 0 radical (unpaired) electrons. The first-order chi connectivity index (χ1) is 7.28. The van der Waals surface area contributed by atoms with Crippen LogP contribution in [-0.2, 0) is 0 Å². The number of benzene rings is 1. The Kier molecular flexibility index (Phi) is 2.75. The van der Waals surface area contributed by atoms with Crippen molar-refractivity contribution in [1.82, 2.24) is 0 Å². The molecule has 0 aliphatic heterocycles. The van der Waals surface area contributed by atoms with Crippen LogP contribution in [0.5, 0.6) is 0 Å². The molecule has 1 fully saturated rings. The summed E-state index contributed by atoms with van der Waals surface area (Å²) in [7, 11) is 0. The van der Waals surface area contributed by atoms with Crippen LogP contribution in [0.1, 0.15) is 37.4 Å². The van der Waals surface area contributed by atoms with Crippen molar-refractivity contribution in [1.29, 1.82) is 5.26 Å². The molecule has 15 heavy (non-hydrogen) atoms. The Morgan fingerprint density at radius 2 is 1.80 bits per heavy atom. The van der Waals surface area contributed by atoms with E-state index in [9.17, 15) is 10.4 Å². The molecule has 1 aliphatic carbocycles. The lowest BCUT2D eigenvalue weighted by atomic mass is 9.79. The van der Waals surface area contributed by atoms with Crippen LogP contribution in [0.25, 0.3) is 0 Å². The molecule has 1 aromatic rings. The molecule has 0 heterocycles. The molecule has 0 amide bonds. The molecule has 2 nitrogen and oxygen atoms in total. The van der Waals surface area contributed by atoms with Gasteiger partial charge in [0.15, 0.2) is 0 Å². The van der Waals surface area contributed by atoms with Crippen molar-refractivity contribution in [2.24, 2.45) is 5.41 Å². The molecule has 1 aliphatic rings. The minimum Gasteiger partial charge on any atom is -0.387 e. The van der Waals surface area contributed by atoms with Gasteiger partial charge in [-0.3, -0.25) is 0 Å². The zero-order valence-electron chi connectivity index (χ0n) is 8.69. The predicted octanol–water partition coefficient (Wildman–Crippen LogP) is 2.80. The minimum absolute atomic E-state index is 0.540. The molecule has 1 aromatic carbocycles. The van der Waals surface area contributed by atoms with Gasteiger partial charge in [0.2, 0.25) is 0 Å². The van der Waals surface area contributed by atoms with Gasteiger partial charge in [-0.1, -0.05) is 43.2 Å². The Morgan fingerprint density at radius 3 is 2.33 bits per heavy atom. The standard InChI is InChI=1S/C13H15NO/c14-10-13(8-4-5-9-13)12(15)11-6-2-1-3-7-11/h1-3,6-7,12,15H,4-5,8-9H2/t12-/m1/s1. The van der Waals surface area contributed by atoms with Crippen LogP contribution in [0, 0.1) is 16.7 Å².